The number of ether oxygens (including phenoxy) is 1. The number of nitrogens with one attached hydrogen (secondary N) is 1. The maximum absolute atomic E-state index is 12.1. The highest BCUT2D eigenvalue weighted by molar-refractivity contribution is 5.78. The lowest BCUT2D eigenvalue weighted by molar-refractivity contribution is -0.120. The Balaban J connectivity index is 1.58. The van der Waals surface area contributed by atoms with Gasteiger partial charge in [0.1, 0.15) is 5.75 Å². The molecule has 5 heteroatoms. The average molecular weight is 321 g/mol. The van der Waals surface area contributed by atoms with Gasteiger partial charge in [0.25, 0.3) is 0 Å². The topological polar surface area (TPSA) is 56.1 Å². The number of benzene rings is 2. The van der Waals surface area contributed by atoms with Crippen LogP contribution in [0.5, 0.6) is 5.75 Å². The summed E-state index contributed by atoms with van der Waals surface area (Å²) in [5.41, 5.74) is 2.79. The van der Waals surface area contributed by atoms with Crippen LogP contribution in [0.4, 0.5) is 0 Å². The van der Waals surface area contributed by atoms with Gasteiger partial charge in [-0.25, -0.2) is 4.68 Å². The number of nitrogens with zero attached hydrogens (tertiary/aromatic N) is 2. The summed E-state index contributed by atoms with van der Waals surface area (Å²) < 4.78 is 7.05. The Morgan fingerprint density at radius 2 is 1.88 bits per heavy atom. The molecule has 0 saturated carbocycles. The van der Waals surface area contributed by atoms with Crippen LogP contribution in [0.2, 0.25) is 0 Å². The van der Waals surface area contributed by atoms with Crippen molar-refractivity contribution in [2.75, 3.05) is 7.11 Å². The van der Waals surface area contributed by atoms with E-state index in [9.17, 15) is 4.79 Å². The number of methoxy groups -OCH3 is 1. The summed E-state index contributed by atoms with van der Waals surface area (Å²) in [7, 11) is 1.62. The van der Waals surface area contributed by atoms with E-state index < -0.39 is 0 Å². The zero-order chi connectivity index (χ0) is 16.8. The molecule has 122 valence electrons. The van der Waals surface area contributed by atoms with Gasteiger partial charge in [0, 0.05) is 18.3 Å². The number of aromatic nitrogens is 2. The molecule has 0 fully saturated rings. The Hall–Kier alpha value is -3.08. The Labute approximate surface area is 140 Å². The highest BCUT2D eigenvalue weighted by Crippen LogP contribution is 2.16. The number of para-hydroxylation sites is 2. The maximum Gasteiger partial charge on any atom is 0.224 e. The molecule has 3 aromatic rings. The molecule has 1 aromatic heterocycles. The van der Waals surface area contributed by atoms with Gasteiger partial charge in [-0.1, -0.05) is 36.4 Å². The van der Waals surface area contributed by atoms with E-state index in [0.717, 1.165) is 22.6 Å². The van der Waals surface area contributed by atoms with E-state index in [0.29, 0.717) is 13.0 Å². The minimum absolute atomic E-state index is 0.0477. The van der Waals surface area contributed by atoms with Gasteiger partial charge in [-0.05, 0) is 23.8 Å². The predicted octanol–water partition coefficient (Wildman–Crippen LogP) is 2.74. The summed E-state index contributed by atoms with van der Waals surface area (Å²) in [4.78, 5) is 12.1. The summed E-state index contributed by atoms with van der Waals surface area (Å²) in [5.74, 6) is 0.725. The molecule has 0 atom stereocenters. The van der Waals surface area contributed by atoms with Crippen molar-refractivity contribution in [3.05, 3.63) is 78.1 Å². The molecule has 5 nitrogen and oxygen atoms in total. The molecule has 0 radical (unpaired) electrons. The molecule has 0 aliphatic heterocycles. The minimum Gasteiger partial charge on any atom is -0.496 e. The van der Waals surface area contributed by atoms with Gasteiger partial charge < -0.3 is 10.1 Å². The van der Waals surface area contributed by atoms with Gasteiger partial charge in [-0.2, -0.15) is 5.10 Å². The lowest BCUT2D eigenvalue weighted by atomic mass is 10.2. The first kappa shape index (κ1) is 15.8. The number of hydrogen-bond acceptors (Lipinski definition) is 3. The standard InChI is InChI=1S/C19H19N3O2/c1-24-18-10-6-5-7-16(18)13-20-19(23)11-15-12-21-22(14-15)17-8-3-2-4-9-17/h2-10,12,14H,11,13H2,1H3,(H,20,23). The average Bonchev–Trinajstić information content (AvgIpc) is 3.09. The largest absolute Gasteiger partial charge is 0.496 e. The molecule has 1 amide bonds. The highest BCUT2D eigenvalue weighted by Gasteiger charge is 2.08. The molecule has 2 aromatic carbocycles. The summed E-state index contributed by atoms with van der Waals surface area (Å²) >= 11 is 0. The molecule has 24 heavy (non-hydrogen) atoms. The van der Waals surface area contributed by atoms with Crippen LogP contribution >= 0.6 is 0 Å². The van der Waals surface area contributed by atoms with Crippen molar-refractivity contribution >= 4 is 5.91 Å². The van der Waals surface area contributed by atoms with Crippen LogP contribution in [0.25, 0.3) is 5.69 Å². The third-order valence-corrected chi connectivity index (χ3v) is 3.69. The normalized spacial score (nSPS) is 10.4. The van der Waals surface area contributed by atoms with E-state index in [4.69, 9.17) is 4.74 Å². The first-order chi connectivity index (χ1) is 11.8. The Kier molecular flexibility index (Phi) is 4.91. The fraction of sp³-hybridized carbons (Fsp3) is 0.158. The van der Waals surface area contributed by atoms with Gasteiger partial charge in [0.15, 0.2) is 0 Å². The van der Waals surface area contributed by atoms with E-state index in [1.165, 1.54) is 0 Å². The summed E-state index contributed by atoms with van der Waals surface area (Å²) in [6.07, 6.45) is 3.88. The van der Waals surface area contributed by atoms with Crippen molar-refractivity contribution in [1.29, 1.82) is 0 Å². The van der Waals surface area contributed by atoms with E-state index in [1.807, 2.05) is 60.8 Å². The summed E-state index contributed by atoms with van der Waals surface area (Å²) in [5, 5.41) is 7.22. The smallest absolute Gasteiger partial charge is 0.224 e. The molecule has 0 aliphatic carbocycles. The van der Waals surface area contributed by atoms with Crippen LogP contribution in [-0.4, -0.2) is 22.8 Å². The molecule has 1 N–H and O–H groups in total. The van der Waals surface area contributed by atoms with E-state index in [1.54, 1.807) is 18.0 Å². The second kappa shape index (κ2) is 7.46. The molecular formula is C19H19N3O2. The molecule has 0 saturated heterocycles. The van der Waals surface area contributed by atoms with E-state index in [-0.39, 0.29) is 5.91 Å². The zero-order valence-corrected chi connectivity index (χ0v) is 13.5. The van der Waals surface area contributed by atoms with Crippen LogP contribution in [0.3, 0.4) is 0 Å². The Morgan fingerprint density at radius 3 is 2.67 bits per heavy atom. The van der Waals surface area contributed by atoms with E-state index in [2.05, 4.69) is 10.4 Å². The number of hydrogen-bond donors (Lipinski definition) is 1. The fourth-order valence-corrected chi connectivity index (χ4v) is 2.46. The van der Waals surface area contributed by atoms with Crippen LogP contribution in [0.1, 0.15) is 11.1 Å². The molecule has 0 aliphatic rings. The number of rotatable bonds is 6. The molecule has 0 unspecified atom stereocenters. The highest BCUT2D eigenvalue weighted by atomic mass is 16.5. The zero-order valence-electron chi connectivity index (χ0n) is 13.5. The number of carbonyl (C=O) groups is 1. The van der Waals surface area contributed by atoms with Crippen molar-refractivity contribution < 1.29 is 9.53 Å². The molecule has 0 bridgehead atoms. The SMILES string of the molecule is COc1ccccc1CNC(=O)Cc1cnn(-c2ccccc2)c1. The van der Waals surface area contributed by atoms with Gasteiger partial charge in [0.05, 0.1) is 25.4 Å². The predicted molar refractivity (Wildman–Crippen MR) is 92.1 cm³/mol. The third kappa shape index (κ3) is 3.81. The quantitative estimate of drug-likeness (QED) is 0.759. The minimum atomic E-state index is -0.0477. The maximum atomic E-state index is 12.1. The molecule has 3 rings (SSSR count). The molecular weight excluding hydrogens is 302 g/mol. The fourth-order valence-electron chi connectivity index (χ4n) is 2.46. The van der Waals surface area contributed by atoms with Crippen LogP contribution < -0.4 is 10.1 Å². The van der Waals surface area contributed by atoms with Crippen molar-refractivity contribution in [2.45, 2.75) is 13.0 Å². The van der Waals surface area contributed by atoms with Crippen LogP contribution in [0.15, 0.2) is 67.0 Å². The van der Waals surface area contributed by atoms with Gasteiger partial charge in [-0.3, -0.25) is 4.79 Å². The lowest BCUT2D eigenvalue weighted by Gasteiger charge is -2.09. The first-order valence-electron chi connectivity index (χ1n) is 7.74. The van der Waals surface area contributed by atoms with Gasteiger partial charge >= 0.3 is 0 Å². The van der Waals surface area contributed by atoms with Crippen molar-refractivity contribution in [3.8, 4) is 11.4 Å². The Morgan fingerprint density at radius 1 is 1.12 bits per heavy atom. The van der Waals surface area contributed by atoms with Gasteiger partial charge in [0.2, 0.25) is 5.91 Å². The summed E-state index contributed by atoms with van der Waals surface area (Å²) in [6, 6.07) is 17.5. The van der Waals surface area contributed by atoms with Gasteiger partial charge in [-0.15, -0.1) is 0 Å². The monoisotopic (exact) mass is 321 g/mol. The number of carbonyl (C=O) groups excluding carboxylic acids is 1. The lowest BCUT2D eigenvalue weighted by Crippen LogP contribution is -2.24. The first-order valence-corrected chi connectivity index (χ1v) is 7.74. The number of amides is 1. The van der Waals surface area contributed by atoms with Crippen molar-refractivity contribution in [1.82, 2.24) is 15.1 Å². The summed E-state index contributed by atoms with van der Waals surface area (Å²) in [6.45, 7) is 0.440. The third-order valence-electron chi connectivity index (χ3n) is 3.69. The van der Waals surface area contributed by atoms with E-state index >= 15 is 0 Å². The molecule has 0 spiro atoms. The molecule has 1 heterocycles. The van der Waals surface area contributed by atoms with Crippen LogP contribution in [-0.2, 0) is 17.8 Å². The van der Waals surface area contributed by atoms with Crippen molar-refractivity contribution in [2.24, 2.45) is 0 Å². The van der Waals surface area contributed by atoms with Crippen molar-refractivity contribution in [3.63, 3.8) is 0 Å². The van der Waals surface area contributed by atoms with Crippen LogP contribution in [0, 0.1) is 0 Å². The second-order valence-electron chi connectivity index (χ2n) is 5.39. The second-order valence-corrected chi connectivity index (χ2v) is 5.39. The Bertz CT molecular complexity index is 812.